The third-order valence-electron chi connectivity index (χ3n) is 1.66. The number of methoxy groups -OCH3 is 1. The van der Waals surface area contributed by atoms with E-state index < -0.39 is 6.10 Å². The first-order valence-corrected chi connectivity index (χ1v) is 4.98. The minimum atomic E-state index is -0.671. The number of hydrogen-bond acceptors (Lipinski definition) is 5. The summed E-state index contributed by atoms with van der Waals surface area (Å²) in [6.07, 6.45) is 2.25. The van der Waals surface area contributed by atoms with Crippen LogP contribution in [0.15, 0.2) is 17.0 Å². The highest BCUT2D eigenvalue weighted by atomic mass is 79.9. The topological polar surface area (TPSA) is 90.1 Å². The SMILES string of the molecule is COC(CN)C(=O)Nc1cnc(Br)cn1. The van der Waals surface area contributed by atoms with Crippen LogP contribution >= 0.6 is 15.9 Å². The summed E-state index contributed by atoms with van der Waals surface area (Å²) in [6.45, 7) is 0.117. The lowest BCUT2D eigenvalue weighted by Gasteiger charge is -2.11. The molecule has 0 spiro atoms. The average molecular weight is 275 g/mol. The molecule has 3 N–H and O–H groups in total. The predicted molar refractivity (Wildman–Crippen MR) is 58.2 cm³/mol. The van der Waals surface area contributed by atoms with E-state index in [-0.39, 0.29) is 12.5 Å². The van der Waals surface area contributed by atoms with Crippen molar-refractivity contribution in [2.45, 2.75) is 6.10 Å². The van der Waals surface area contributed by atoms with Crippen LogP contribution in [0.1, 0.15) is 0 Å². The third-order valence-corrected chi connectivity index (χ3v) is 2.07. The molecule has 15 heavy (non-hydrogen) atoms. The molecule has 0 aliphatic rings. The molecule has 1 aromatic heterocycles. The van der Waals surface area contributed by atoms with Crippen molar-refractivity contribution < 1.29 is 9.53 Å². The van der Waals surface area contributed by atoms with Gasteiger partial charge < -0.3 is 15.8 Å². The molecule has 1 heterocycles. The number of carbonyl (C=O) groups excluding carboxylic acids is 1. The van der Waals surface area contributed by atoms with Crippen LogP contribution in [0, 0.1) is 0 Å². The molecule has 0 saturated carbocycles. The van der Waals surface area contributed by atoms with Gasteiger partial charge in [0.25, 0.3) is 5.91 Å². The fourth-order valence-electron chi connectivity index (χ4n) is 0.894. The van der Waals surface area contributed by atoms with Crippen molar-refractivity contribution in [3.8, 4) is 0 Å². The maximum absolute atomic E-state index is 11.5. The molecule has 7 heteroatoms. The Morgan fingerprint density at radius 2 is 2.40 bits per heavy atom. The second-order valence-electron chi connectivity index (χ2n) is 2.67. The van der Waals surface area contributed by atoms with E-state index in [1.54, 1.807) is 0 Å². The fourth-order valence-corrected chi connectivity index (χ4v) is 1.10. The summed E-state index contributed by atoms with van der Waals surface area (Å²) in [4.78, 5) is 19.3. The Kier molecular flexibility index (Phi) is 4.60. The summed E-state index contributed by atoms with van der Waals surface area (Å²) >= 11 is 3.14. The lowest BCUT2D eigenvalue weighted by molar-refractivity contribution is -0.125. The van der Waals surface area contributed by atoms with Crippen LogP contribution in [0.3, 0.4) is 0 Å². The Morgan fingerprint density at radius 3 is 2.87 bits per heavy atom. The molecule has 1 unspecified atom stereocenters. The summed E-state index contributed by atoms with van der Waals surface area (Å²) in [6, 6.07) is 0. The minimum absolute atomic E-state index is 0.117. The highest BCUT2D eigenvalue weighted by Gasteiger charge is 2.15. The van der Waals surface area contributed by atoms with E-state index in [4.69, 9.17) is 10.5 Å². The molecular weight excluding hydrogens is 264 g/mol. The predicted octanol–water partition coefficient (Wildman–Crippen LogP) is 0.151. The normalized spacial score (nSPS) is 12.2. The standard InChI is InChI=1S/C8H11BrN4O2/c1-15-5(2-10)8(14)13-7-4-11-6(9)3-12-7/h3-5H,2,10H2,1H3,(H,12,13,14). The molecule has 1 aromatic rings. The number of halogens is 1. The van der Waals surface area contributed by atoms with Crippen LogP contribution < -0.4 is 11.1 Å². The number of amides is 1. The zero-order valence-corrected chi connectivity index (χ0v) is 9.69. The van der Waals surface area contributed by atoms with Crippen LogP contribution in [-0.2, 0) is 9.53 Å². The summed E-state index contributed by atoms with van der Waals surface area (Å²) < 4.78 is 5.46. The van der Waals surface area contributed by atoms with Gasteiger partial charge in [-0.1, -0.05) is 0 Å². The van der Waals surface area contributed by atoms with Gasteiger partial charge in [-0.3, -0.25) is 4.79 Å². The smallest absolute Gasteiger partial charge is 0.256 e. The van der Waals surface area contributed by atoms with Crippen molar-refractivity contribution in [1.82, 2.24) is 9.97 Å². The number of carbonyl (C=O) groups is 1. The average Bonchev–Trinajstić information content (AvgIpc) is 2.23. The number of rotatable bonds is 4. The first-order valence-electron chi connectivity index (χ1n) is 4.18. The van der Waals surface area contributed by atoms with E-state index in [1.165, 1.54) is 19.5 Å². The van der Waals surface area contributed by atoms with Crippen molar-refractivity contribution in [2.75, 3.05) is 19.0 Å². The Labute approximate surface area is 95.4 Å². The molecule has 1 amide bonds. The van der Waals surface area contributed by atoms with Crippen LogP contribution in [0.5, 0.6) is 0 Å². The highest BCUT2D eigenvalue weighted by molar-refractivity contribution is 9.10. The molecule has 0 fully saturated rings. The van der Waals surface area contributed by atoms with E-state index >= 15 is 0 Å². The number of nitrogens with one attached hydrogen (secondary N) is 1. The lowest BCUT2D eigenvalue weighted by Crippen LogP contribution is -2.36. The zero-order valence-electron chi connectivity index (χ0n) is 8.11. The monoisotopic (exact) mass is 274 g/mol. The maximum atomic E-state index is 11.5. The number of anilines is 1. The molecule has 1 rings (SSSR count). The quantitative estimate of drug-likeness (QED) is 0.816. The van der Waals surface area contributed by atoms with Crippen molar-refractivity contribution in [3.05, 3.63) is 17.0 Å². The first kappa shape index (κ1) is 12.0. The second kappa shape index (κ2) is 5.74. The van der Waals surface area contributed by atoms with Crippen LogP contribution in [0.2, 0.25) is 0 Å². The Hall–Kier alpha value is -1.05. The summed E-state index contributed by atoms with van der Waals surface area (Å²) in [5.41, 5.74) is 5.33. The van der Waals surface area contributed by atoms with Crippen molar-refractivity contribution in [3.63, 3.8) is 0 Å². The van der Waals surface area contributed by atoms with Gasteiger partial charge in [0, 0.05) is 13.7 Å². The van der Waals surface area contributed by atoms with Gasteiger partial charge in [0.1, 0.15) is 10.7 Å². The summed E-state index contributed by atoms with van der Waals surface area (Å²) in [5.74, 6) is 0.0234. The molecule has 0 aromatic carbocycles. The van der Waals surface area contributed by atoms with Gasteiger partial charge in [0.05, 0.1) is 12.4 Å². The first-order chi connectivity index (χ1) is 7.17. The molecule has 0 aliphatic heterocycles. The second-order valence-corrected chi connectivity index (χ2v) is 3.49. The minimum Gasteiger partial charge on any atom is -0.370 e. The maximum Gasteiger partial charge on any atom is 0.256 e. The van der Waals surface area contributed by atoms with E-state index in [2.05, 4.69) is 31.2 Å². The highest BCUT2D eigenvalue weighted by Crippen LogP contribution is 2.06. The molecule has 0 radical (unpaired) electrons. The summed E-state index contributed by atoms with van der Waals surface area (Å²) in [7, 11) is 1.42. The Morgan fingerprint density at radius 1 is 1.67 bits per heavy atom. The van der Waals surface area contributed by atoms with Gasteiger partial charge in [-0.15, -0.1) is 0 Å². The van der Waals surface area contributed by atoms with Crippen molar-refractivity contribution in [2.24, 2.45) is 5.73 Å². The van der Waals surface area contributed by atoms with Crippen LogP contribution in [0.25, 0.3) is 0 Å². The van der Waals surface area contributed by atoms with Gasteiger partial charge in [0.2, 0.25) is 0 Å². The third kappa shape index (κ3) is 3.54. The van der Waals surface area contributed by atoms with E-state index in [0.29, 0.717) is 10.4 Å². The number of aromatic nitrogens is 2. The van der Waals surface area contributed by atoms with E-state index in [1.807, 2.05) is 0 Å². The van der Waals surface area contributed by atoms with Gasteiger partial charge in [-0.25, -0.2) is 9.97 Å². The van der Waals surface area contributed by atoms with Gasteiger partial charge in [0.15, 0.2) is 5.82 Å². The van der Waals surface area contributed by atoms with Gasteiger partial charge in [-0.05, 0) is 15.9 Å². The van der Waals surface area contributed by atoms with E-state index in [9.17, 15) is 4.79 Å². The number of nitrogens with two attached hydrogens (primary N) is 1. The number of nitrogens with zero attached hydrogens (tertiary/aromatic N) is 2. The van der Waals surface area contributed by atoms with Gasteiger partial charge >= 0.3 is 0 Å². The molecule has 6 nitrogen and oxygen atoms in total. The zero-order chi connectivity index (χ0) is 11.3. The van der Waals surface area contributed by atoms with Crippen LogP contribution in [-0.4, -0.2) is 35.6 Å². The van der Waals surface area contributed by atoms with E-state index in [0.717, 1.165) is 0 Å². The van der Waals surface area contributed by atoms with Crippen molar-refractivity contribution in [1.29, 1.82) is 0 Å². The molecule has 0 bridgehead atoms. The fraction of sp³-hybridized carbons (Fsp3) is 0.375. The molecule has 0 aliphatic carbocycles. The van der Waals surface area contributed by atoms with Gasteiger partial charge in [-0.2, -0.15) is 0 Å². The Balaban J connectivity index is 2.61. The largest absolute Gasteiger partial charge is 0.370 e. The lowest BCUT2D eigenvalue weighted by atomic mass is 10.3. The van der Waals surface area contributed by atoms with Crippen LogP contribution in [0.4, 0.5) is 5.82 Å². The Bertz CT molecular complexity index is 326. The number of ether oxygens (including phenoxy) is 1. The molecule has 82 valence electrons. The summed E-state index contributed by atoms with van der Waals surface area (Å²) in [5, 5.41) is 2.53. The molecule has 1 atom stereocenters. The molecular formula is C8H11BrN4O2. The van der Waals surface area contributed by atoms with Crippen molar-refractivity contribution >= 4 is 27.7 Å². The molecule has 0 saturated heterocycles. The number of hydrogen-bond donors (Lipinski definition) is 2.